The van der Waals surface area contributed by atoms with Crippen LogP contribution in [0.15, 0.2) is 0 Å². The highest BCUT2D eigenvalue weighted by Crippen LogP contribution is 2.36. The zero-order valence-electron chi connectivity index (χ0n) is 14.3. The number of rotatable bonds is 13. The summed E-state index contributed by atoms with van der Waals surface area (Å²) in [5, 5.41) is 0. The van der Waals surface area contributed by atoms with Gasteiger partial charge >= 0.3 is 5.97 Å². The molecule has 0 heterocycles. The van der Waals surface area contributed by atoms with Crippen molar-refractivity contribution in [2.45, 2.75) is 58.8 Å². The highest BCUT2D eigenvalue weighted by molar-refractivity contribution is 8.69. The van der Waals surface area contributed by atoms with Crippen LogP contribution in [0.25, 0.3) is 0 Å². The Morgan fingerprint density at radius 3 is 1.83 bits per heavy atom. The fraction of sp³-hybridized carbons (Fsp3) is 0.929. The van der Waals surface area contributed by atoms with Gasteiger partial charge in [-0.3, -0.25) is 4.79 Å². The van der Waals surface area contributed by atoms with Crippen molar-refractivity contribution in [2.24, 2.45) is 0 Å². The molecular formula is C14H29O4P2S3-. The summed E-state index contributed by atoms with van der Waals surface area (Å²) in [6.07, 6.45) is 4.86. The van der Waals surface area contributed by atoms with Crippen LogP contribution < -0.4 is 0 Å². The molecule has 2 unspecified atom stereocenters. The Morgan fingerprint density at radius 2 is 1.43 bits per heavy atom. The van der Waals surface area contributed by atoms with Crippen molar-refractivity contribution in [3.63, 3.8) is 0 Å². The molecule has 0 fully saturated rings. The van der Waals surface area contributed by atoms with Gasteiger partial charge in [0, 0.05) is 18.7 Å². The zero-order chi connectivity index (χ0) is 17.5. The minimum absolute atomic E-state index is 0.226. The summed E-state index contributed by atoms with van der Waals surface area (Å²) in [5.41, 5.74) is 0. The molecule has 0 saturated carbocycles. The van der Waals surface area contributed by atoms with Crippen LogP contribution in [0.4, 0.5) is 0 Å². The molecule has 0 aliphatic rings. The Hall–Kier alpha value is 1.04. The summed E-state index contributed by atoms with van der Waals surface area (Å²) in [6, 6.07) is 0. The lowest BCUT2D eigenvalue weighted by Gasteiger charge is -2.13. The minimum atomic E-state index is -1.06. The first-order valence-electron chi connectivity index (χ1n) is 8.05. The maximum atomic E-state index is 11.4. The summed E-state index contributed by atoms with van der Waals surface area (Å²) >= 11 is 11.1. The summed E-state index contributed by atoms with van der Waals surface area (Å²) in [7, 11) is 1.07. The van der Waals surface area contributed by atoms with Crippen molar-refractivity contribution in [1.82, 2.24) is 0 Å². The van der Waals surface area contributed by atoms with Gasteiger partial charge in [0.15, 0.2) is 0 Å². The Balaban J connectivity index is 4.84. The van der Waals surface area contributed by atoms with E-state index in [1.807, 2.05) is 0 Å². The number of esters is 1. The SMILES string of the molecule is CCCCCO[P+]([S-])=[S-](CCC(=O)OC)=[P+]([S-])OCCCCC. The van der Waals surface area contributed by atoms with Crippen molar-refractivity contribution < 1.29 is 18.6 Å². The van der Waals surface area contributed by atoms with Gasteiger partial charge < -0.3 is 29.2 Å². The Morgan fingerprint density at radius 1 is 0.957 bits per heavy atom. The lowest BCUT2D eigenvalue weighted by atomic mass is 10.3. The summed E-state index contributed by atoms with van der Waals surface area (Å²) in [5.74, 6) is 0.398. The maximum Gasteiger partial charge on any atom is 0.303 e. The van der Waals surface area contributed by atoms with Crippen LogP contribution in [0.5, 0.6) is 0 Å². The van der Waals surface area contributed by atoms with Crippen molar-refractivity contribution in [2.75, 3.05) is 26.1 Å². The fourth-order valence-corrected chi connectivity index (χ4v) is 14.1. The molecule has 0 radical (unpaired) electrons. The quantitative estimate of drug-likeness (QED) is 0.178. The second kappa shape index (κ2) is 16.5. The lowest BCUT2D eigenvalue weighted by molar-refractivity contribution is -0.140. The van der Waals surface area contributed by atoms with E-state index in [4.69, 9.17) is 38.3 Å². The molecule has 9 heteroatoms. The van der Waals surface area contributed by atoms with Gasteiger partial charge in [-0.2, -0.15) is 0 Å². The topological polar surface area (TPSA) is 44.8 Å². The Labute approximate surface area is 155 Å². The maximum absolute atomic E-state index is 11.4. The molecule has 138 valence electrons. The van der Waals surface area contributed by atoms with E-state index in [9.17, 15) is 4.79 Å². The summed E-state index contributed by atoms with van der Waals surface area (Å²) < 4.78 is 16.4. The predicted molar refractivity (Wildman–Crippen MR) is 108 cm³/mol. The minimum Gasteiger partial charge on any atom is -0.481 e. The summed E-state index contributed by atoms with van der Waals surface area (Å²) in [4.78, 5) is 11.4. The van der Waals surface area contributed by atoms with Gasteiger partial charge in [-0.25, -0.2) is 9.05 Å². The van der Waals surface area contributed by atoms with E-state index in [0.717, 1.165) is 38.5 Å². The number of ether oxygens (including phenoxy) is 1. The van der Waals surface area contributed by atoms with Crippen molar-refractivity contribution >= 4 is 52.0 Å². The number of unbranched alkanes of at least 4 members (excludes halogenated alkanes) is 4. The number of carbonyl (C=O) groups is 1. The fourth-order valence-electron chi connectivity index (χ4n) is 1.58. The van der Waals surface area contributed by atoms with E-state index in [1.165, 1.54) is 7.11 Å². The van der Waals surface area contributed by atoms with Crippen LogP contribution in [-0.2, 0) is 52.3 Å². The average Bonchev–Trinajstić information content (AvgIpc) is 2.55. The normalized spacial score (nSPS) is 13.6. The highest BCUT2D eigenvalue weighted by Gasteiger charge is 2.03. The van der Waals surface area contributed by atoms with E-state index < -0.39 is 12.3 Å². The van der Waals surface area contributed by atoms with E-state index in [1.54, 1.807) is 0 Å². The van der Waals surface area contributed by atoms with Crippen LogP contribution >= 0.6 is 12.3 Å². The number of methoxy groups -OCH3 is 1. The summed E-state index contributed by atoms with van der Waals surface area (Å²) in [6.45, 7) is 5.67. The Bertz CT molecular complexity index is 398. The zero-order valence-corrected chi connectivity index (χ0v) is 18.6. The second-order valence-corrected chi connectivity index (χ2v) is 16.3. The van der Waals surface area contributed by atoms with Crippen molar-refractivity contribution in [3.05, 3.63) is 0 Å². The molecule has 0 aromatic carbocycles. The first kappa shape index (κ1) is 24.0. The monoisotopic (exact) mass is 419 g/mol. The largest absolute Gasteiger partial charge is 0.481 e. The molecule has 23 heavy (non-hydrogen) atoms. The van der Waals surface area contributed by atoms with E-state index in [-0.39, 0.29) is 15.2 Å². The molecule has 0 aliphatic carbocycles. The van der Waals surface area contributed by atoms with Crippen LogP contribution in [0.2, 0.25) is 0 Å². The molecule has 0 spiro atoms. The van der Waals surface area contributed by atoms with E-state index in [2.05, 4.69) is 13.8 Å². The molecule has 0 bridgehead atoms. The molecule has 0 aromatic heterocycles. The van der Waals surface area contributed by atoms with Gasteiger partial charge in [0.05, 0.1) is 20.3 Å². The van der Waals surface area contributed by atoms with Crippen LogP contribution in [0.1, 0.15) is 58.8 Å². The Kier molecular flexibility index (Phi) is 17.3. The molecule has 0 aromatic rings. The van der Waals surface area contributed by atoms with Crippen molar-refractivity contribution in [3.8, 4) is 0 Å². The first-order valence-corrected chi connectivity index (χ1v) is 15.2. The third-order valence-corrected chi connectivity index (χ3v) is 17.3. The smallest absolute Gasteiger partial charge is 0.303 e. The molecule has 2 atom stereocenters. The highest BCUT2D eigenvalue weighted by atomic mass is 33.1. The van der Waals surface area contributed by atoms with Crippen LogP contribution in [-0.4, -0.2) is 32.0 Å². The van der Waals surface area contributed by atoms with Crippen molar-refractivity contribution in [1.29, 1.82) is 0 Å². The standard InChI is InChI=1S/C14H29O4P2S3/c1-4-6-8-11-17-19(21)23(13-10-14(15)16-3)20(22)18-12-9-7-5-2/h4-13H2,1-3H3/q-1. The molecule has 0 N–H and O–H groups in total. The van der Waals surface area contributed by atoms with E-state index in [0.29, 0.717) is 25.4 Å². The van der Waals surface area contributed by atoms with Gasteiger partial charge in [0.25, 0.3) is 0 Å². The molecule has 0 rings (SSSR count). The van der Waals surface area contributed by atoms with Gasteiger partial charge in [-0.05, 0) is 12.8 Å². The van der Waals surface area contributed by atoms with Gasteiger partial charge in [-0.15, -0.1) is 0 Å². The molecule has 0 amide bonds. The van der Waals surface area contributed by atoms with Gasteiger partial charge in [0.1, 0.15) is 0 Å². The van der Waals surface area contributed by atoms with Crippen LogP contribution in [0, 0.1) is 0 Å². The number of hydrogen-bond donors (Lipinski definition) is 0. The first-order chi connectivity index (χ1) is 11.1. The van der Waals surface area contributed by atoms with Crippen LogP contribution in [0.3, 0.4) is 0 Å². The molecule has 0 saturated heterocycles. The van der Waals surface area contributed by atoms with Gasteiger partial charge in [-0.1, -0.05) is 54.5 Å². The third-order valence-electron chi connectivity index (χ3n) is 2.95. The third kappa shape index (κ3) is 13.0. The average molecular weight is 420 g/mol. The lowest BCUT2D eigenvalue weighted by Crippen LogP contribution is -2.03. The van der Waals surface area contributed by atoms with E-state index >= 15 is 0 Å². The van der Waals surface area contributed by atoms with Gasteiger partial charge in [0.2, 0.25) is 0 Å². The second-order valence-electron chi connectivity index (χ2n) is 4.90. The number of carbonyl (C=O) groups excluding carboxylic acids is 1. The molecular weight excluding hydrogens is 390 g/mol. The number of hydrogen-bond acceptors (Lipinski definition) is 7. The predicted octanol–water partition coefficient (Wildman–Crippen LogP) is 5.13. The molecule has 4 nitrogen and oxygen atoms in total. The molecule has 0 aliphatic heterocycles.